The molecule has 1 heterocycles. The van der Waals surface area contributed by atoms with Crippen molar-refractivity contribution in [3.05, 3.63) is 18.0 Å². The maximum Gasteiger partial charge on any atom is 0.157 e. The van der Waals surface area contributed by atoms with E-state index in [-0.39, 0.29) is 29.1 Å². The van der Waals surface area contributed by atoms with Gasteiger partial charge in [0.1, 0.15) is 6.07 Å². The number of nitriles is 1. The van der Waals surface area contributed by atoms with Gasteiger partial charge in [0, 0.05) is 19.2 Å². The molecule has 0 amide bonds. The highest BCUT2D eigenvalue weighted by Crippen LogP contribution is 2.65. The monoisotopic (exact) mass is 469 g/mol. The summed E-state index contributed by atoms with van der Waals surface area (Å²) in [5, 5.41) is 24.4. The number of fused-ring (bicyclic) bond motifs is 3. The van der Waals surface area contributed by atoms with Crippen LogP contribution in [0.1, 0.15) is 84.6 Å². The molecule has 6 heteroatoms. The smallest absolute Gasteiger partial charge is 0.157 e. The van der Waals surface area contributed by atoms with Crippen LogP contribution < -0.4 is 0 Å². The second-order valence-corrected chi connectivity index (χ2v) is 12.2. The molecule has 4 rings (SSSR count). The Morgan fingerprint density at radius 3 is 2.74 bits per heavy atom. The van der Waals surface area contributed by atoms with Crippen LogP contribution in [-0.2, 0) is 16.1 Å². The molecule has 0 unspecified atom stereocenters. The van der Waals surface area contributed by atoms with E-state index in [1.165, 1.54) is 25.5 Å². The van der Waals surface area contributed by atoms with Gasteiger partial charge in [-0.3, -0.25) is 9.48 Å². The molecule has 6 nitrogen and oxygen atoms in total. The summed E-state index contributed by atoms with van der Waals surface area (Å²) in [4.78, 5) is 13.4. The van der Waals surface area contributed by atoms with Crippen molar-refractivity contribution in [2.45, 2.75) is 91.2 Å². The summed E-state index contributed by atoms with van der Waals surface area (Å²) >= 11 is 0. The third kappa shape index (κ3) is 4.24. The second kappa shape index (κ2) is 9.39. The normalized spacial score (nSPS) is 40.6. The van der Waals surface area contributed by atoms with Gasteiger partial charge in [-0.1, -0.05) is 34.1 Å². The Balaban J connectivity index is 1.51. The molecule has 0 spiro atoms. The number of ketones is 1. The van der Waals surface area contributed by atoms with E-state index in [4.69, 9.17) is 10.00 Å². The number of rotatable bonds is 7. The van der Waals surface area contributed by atoms with Crippen molar-refractivity contribution < 1.29 is 14.6 Å². The first-order chi connectivity index (χ1) is 16.1. The molecule has 1 aromatic heterocycles. The number of methoxy groups -OCH3 is 1. The van der Waals surface area contributed by atoms with Crippen LogP contribution >= 0.6 is 0 Å². The molecular weight excluding hydrogens is 426 g/mol. The van der Waals surface area contributed by atoms with E-state index in [1.807, 2.05) is 0 Å². The minimum Gasteiger partial charge on any atom is -0.387 e. The Bertz CT molecular complexity index is 938. The minimum absolute atomic E-state index is 0.0210. The molecule has 3 aliphatic rings. The van der Waals surface area contributed by atoms with Gasteiger partial charge in [-0.15, -0.1) is 0 Å². The van der Waals surface area contributed by atoms with Crippen molar-refractivity contribution >= 4 is 5.78 Å². The average molecular weight is 470 g/mol. The highest BCUT2D eigenvalue weighted by atomic mass is 16.5. The molecule has 3 fully saturated rings. The molecule has 0 radical (unpaired) electrons. The number of aromatic nitrogens is 2. The molecule has 8 atom stereocenters. The van der Waals surface area contributed by atoms with E-state index in [0.717, 1.165) is 32.1 Å². The van der Waals surface area contributed by atoms with Crippen LogP contribution in [0.2, 0.25) is 0 Å². The zero-order valence-corrected chi connectivity index (χ0v) is 21.7. The molecule has 0 bridgehead atoms. The van der Waals surface area contributed by atoms with E-state index in [9.17, 15) is 9.90 Å². The molecule has 0 saturated heterocycles. The van der Waals surface area contributed by atoms with Gasteiger partial charge in [0.15, 0.2) is 5.78 Å². The van der Waals surface area contributed by atoms with Crippen LogP contribution in [0.15, 0.2) is 12.4 Å². The number of ether oxygens (including phenoxy) is 1. The van der Waals surface area contributed by atoms with Gasteiger partial charge >= 0.3 is 0 Å². The quantitative estimate of drug-likeness (QED) is 0.607. The predicted octanol–water partition coefficient (Wildman–Crippen LogP) is 5.00. The number of carbonyl (C=O) groups is 1. The number of hydrogen-bond donors (Lipinski definition) is 1. The highest BCUT2D eigenvalue weighted by molar-refractivity contribution is 5.81. The van der Waals surface area contributed by atoms with Crippen molar-refractivity contribution in [3.8, 4) is 6.07 Å². The summed E-state index contributed by atoms with van der Waals surface area (Å²) in [5.41, 5.74) is 0.0758. The molecule has 34 heavy (non-hydrogen) atoms. The van der Waals surface area contributed by atoms with Gasteiger partial charge in [-0.2, -0.15) is 10.4 Å². The fourth-order valence-electron chi connectivity index (χ4n) is 8.55. The molecule has 3 saturated carbocycles. The van der Waals surface area contributed by atoms with Crippen LogP contribution in [0.5, 0.6) is 0 Å². The summed E-state index contributed by atoms with van der Waals surface area (Å²) in [5.74, 6) is 2.56. The first-order valence-electron chi connectivity index (χ1n) is 13.3. The number of nitrogens with zero attached hydrogens (tertiary/aromatic N) is 3. The van der Waals surface area contributed by atoms with Gasteiger partial charge < -0.3 is 9.84 Å². The van der Waals surface area contributed by atoms with E-state index in [0.29, 0.717) is 35.8 Å². The largest absolute Gasteiger partial charge is 0.387 e. The number of carbonyl (C=O) groups excluding carboxylic acids is 1. The summed E-state index contributed by atoms with van der Waals surface area (Å²) < 4.78 is 6.97. The maximum absolute atomic E-state index is 13.4. The van der Waals surface area contributed by atoms with E-state index in [2.05, 4.69) is 38.9 Å². The summed E-state index contributed by atoms with van der Waals surface area (Å²) in [6.45, 7) is 9.96. The lowest BCUT2D eigenvalue weighted by molar-refractivity contribution is -0.171. The Morgan fingerprint density at radius 1 is 1.32 bits per heavy atom. The van der Waals surface area contributed by atoms with Crippen molar-refractivity contribution in [2.24, 2.45) is 40.4 Å². The molecule has 188 valence electrons. The van der Waals surface area contributed by atoms with Crippen LogP contribution in [-0.4, -0.2) is 40.0 Å². The van der Waals surface area contributed by atoms with E-state index < -0.39 is 5.60 Å². The lowest BCUT2D eigenvalue weighted by Crippen LogP contribution is -2.58. The predicted molar refractivity (Wildman–Crippen MR) is 131 cm³/mol. The Hall–Kier alpha value is -1.71. The van der Waals surface area contributed by atoms with E-state index >= 15 is 0 Å². The zero-order chi connectivity index (χ0) is 24.7. The van der Waals surface area contributed by atoms with Crippen LogP contribution in [0.4, 0.5) is 0 Å². The first-order valence-corrected chi connectivity index (χ1v) is 13.3. The zero-order valence-electron chi connectivity index (χ0n) is 21.7. The van der Waals surface area contributed by atoms with Gasteiger partial charge in [-0.05, 0) is 79.4 Å². The molecule has 3 aliphatic carbocycles. The van der Waals surface area contributed by atoms with Gasteiger partial charge in [-0.25, -0.2) is 0 Å². The van der Waals surface area contributed by atoms with Crippen LogP contribution in [0.3, 0.4) is 0 Å². The molecule has 1 N–H and O–H groups in total. The number of Topliss-reactive ketones (excluding diaryl/α,β-unsaturated/α-hetero) is 1. The third-order valence-electron chi connectivity index (χ3n) is 10.7. The Labute approximate surface area is 205 Å². The Morgan fingerprint density at radius 2 is 2.09 bits per heavy atom. The molecule has 0 aliphatic heterocycles. The fourth-order valence-corrected chi connectivity index (χ4v) is 8.55. The number of aliphatic hydroxyl groups is 1. The SMILES string of the molecule is CC[C@H]1[C@@H]2CC[C@H]3C[C@@](O)(COC)CC[C@]3(C)[C@H]2CC[C@]1(C)[C@H](C)C(=O)Cn1cc(C#N)cn1. The first kappa shape index (κ1) is 25.4. The molecular formula is C28H43N3O3. The lowest BCUT2D eigenvalue weighted by Gasteiger charge is -2.63. The van der Waals surface area contributed by atoms with Crippen LogP contribution in [0, 0.1) is 51.8 Å². The van der Waals surface area contributed by atoms with Gasteiger partial charge in [0.25, 0.3) is 0 Å². The third-order valence-corrected chi connectivity index (χ3v) is 10.7. The van der Waals surface area contributed by atoms with Gasteiger partial charge in [0.2, 0.25) is 0 Å². The number of hydrogen-bond acceptors (Lipinski definition) is 5. The second-order valence-electron chi connectivity index (χ2n) is 12.2. The lowest BCUT2D eigenvalue weighted by atomic mass is 9.42. The van der Waals surface area contributed by atoms with Crippen molar-refractivity contribution in [3.63, 3.8) is 0 Å². The summed E-state index contributed by atoms with van der Waals surface area (Å²) in [6, 6.07) is 2.09. The van der Waals surface area contributed by atoms with Crippen molar-refractivity contribution in [2.75, 3.05) is 13.7 Å². The summed E-state index contributed by atoms with van der Waals surface area (Å²) in [7, 11) is 1.69. The Kier molecular flexibility index (Phi) is 7.01. The topological polar surface area (TPSA) is 88.1 Å². The van der Waals surface area contributed by atoms with Crippen molar-refractivity contribution in [1.82, 2.24) is 9.78 Å². The standard InChI is InChI=1S/C28H43N3O3/c1-6-23-22-8-7-21-13-28(33,18-34-5)12-11-27(21,4)24(22)9-10-26(23,3)19(2)25(32)17-31-16-20(14-29)15-30-31/h15-16,19,21-24,33H,6-13,17-18H2,1-5H3/t19-,21+,22+,23+,24+,26-,27+,28-/m1/s1. The van der Waals surface area contributed by atoms with E-state index in [1.54, 1.807) is 18.0 Å². The highest BCUT2D eigenvalue weighted by Gasteiger charge is 2.59. The molecule has 0 aromatic carbocycles. The average Bonchev–Trinajstić information content (AvgIpc) is 3.26. The van der Waals surface area contributed by atoms with Crippen molar-refractivity contribution in [1.29, 1.82) is 5.26 Å². The minimum atomic E-state index is -0.669. The summed E-state index contributed by atoms with van der Waals surface area (Å²) in [6.07, 6.45) is 11.7. The van der Waals surface area contributed by atoms with Gasteiger partial charge in [0.05, 0.1) is 30.5 Å². The maximum atomic E-state index is 13.4. The fraction of sp³-hybridized carbons (Fsp3) is 0.821. The van der Waals surface area contributed by atoms with Crippen LogP contribution in [0.25, 0.3) is 0 Å². The molecule has 1 aromatic rings.